The van der Waals surface area contributed by atoms with Gasteiger partial charge in [0.05, 0.1) is 0 Å². The van der Waals surface area contributed by atoms with Crippen LogP contribution in [0.15, 0.2) is 0 Å². The van der Waals surface area contributed by atoms with Gasteiger partial charge in [0.25, 0.3) is 0 Å². The molecule has 2 N–H and O–H groups in total. The molecule has 0 aromatic heterocycles. The summed E-state index contributed by atoms with van der Waals surface area (Å²) in [6, 6.07) is -0.777. The molecule has 1 aliphatic rings. The molecular weight excluding hydrogens is 194 g/mol. The van der Waals surface area contributed by atoms with E-state index in [2.05, 4.69) is 5.32 Å². The third kappa shape index (κ3) is 3.90. The number of carbonyl (C=O) groups is 2. The monoisotopic (exact) mass is 213 g/mol. The molecular formula is C11H19NO3. The van der Waals surface area contributed by atoms with Gasteiger partial charge in [-0.1, -0.05) is 25.7 Å². The lowest BCUT2D eigenvalue weighted by atomic mass is 9.99. The highest BCUT2D eigenvalue weighted by Crippen LogP contribution is 2.22. The molecule has 0 bridgehead atoms. The molecule has 0 saturated heterocycles. The van der Waals surface area contributed by atoms with E-state index in [1.54, 1.807) is 0 Å². The summed E-state index contributed by atoms with van der Waals surface area (Å²) < 4.78 is 0. The second-order valence-corrected chi connectivity index (χ2v) is 4.26. The summed E-state index contributed by atoms with van der Waals surface area (Å²) in [6.07, 6.45) is 6.35. The summed E-state index contributed by atoms with van der Waals surface area (Å²) >= 11 is 0. The summed E-state index contributed by atoms with van der Waals surface area (Å²) in [5, 5.41) is 11.2. The van der Waals surface area contributed by atoms with Crippen molar-refractivity contribution in [2.75, 3.05) is 0 Å². The Morgan fingerprint density at radius 3 is 2.20 bits per heavy atom. The average Bonchev–Trinajstić information content (AvgIpc) is 2.45. The molecule has 4 heteroatoms. The average molecular weight is 213 g/mol. The first-order valence-corrected chi connectivity index (χ1v) is 5.64. The largest absolute Gasteiger partial charge is 0.480 e. The second-order valence-electron chi connectivity index (χ2n) is 4.26. The normalized spacial score (nSPS) is 20.3. The predicted octanol–water partition coefficient (Wildman–Crippen LogP) is 1.55. The number of amides is 1. The van der Waals surface area contributed by atoms with Gasteiger partial charge in [0.2, 0.25) is 5.91 Å². The first kappa shape index (κ1) is 12.0. The van der Waals surface area contributed by atoms with Crippen molar-refractivity contribution in [3.8, 4) is 0 Å². The Morgan fingerprint density at radius 1 is 1.20 bits per heavy atom. The number of hydrogen-bond acceptors (Lipinski definition) is 2. The standard InChI is InChI=1S/C11H19NO3/c1-8(11(14)15)12-10(13)9-6-4-2-3-5-7-9/h8-9H,2-7H2,1H3,(H,12,13)(H,14,15)/t8-/m1/s1. The van der Waals surface area contributed by atoms with Crippen LogP contribution >= 0.6 is 0 Å². The fraction of sp³-hybridized carbons (Fsp3) is 0.818. The van der Waals surface area contributed by atoms with E-state index in [4.69, 9.17) is 5.11 Å². The number of carboxylic acid groups (broad SMARTS) is 1. The van der Waals surface area contributed by atoms with Crippen LogP contribution in [0.25, 0.3) is 0 Å². The van der Waals surface area contributed by atoms with Crippen LogP contribution in [-0.4, -0.2) is 23.0 Å². The highest BCUT2D eigenvalue weighted by atomic mass is 16.4. The van der Waals surface area contributed by atoms with Crippen molar-refractivity contribution in [3.05, 3.63) is 0 Å². The Hall–Kier alpha value is -1.06. The smallest absolute Gasteiger partial charge is 0.325 e. The van der Waals surface area contributed by atoms with Gasteiger partial charge in [-0.15, -0.1) is 0 Å². The minimum atomic E-state index is -0.975. The van der Waals surface area contributed by atoms with Crippen molar-refractivity contribution in [1.29, 1.82) is 0 Å². The van der Waals surface area contributed by atoms with Crippen LogP contribution in [0.3, 0.4) is 0 Å². The van der Waals surface area contributed by atoms with Crippen LogP contribution in [0.1, 0.15) is 45.4 Å². The summed E-state index contributed by atoms with van der Waals surface area (Å²) in [6.45, 7) is 1.50. The van der Waals surface area contributed by atoms with E-state index in [-0.39, 0.29) is 11.8 Å². The maximum absolute atomic E-state index is 11.7. The van der Waals surface area contributed by atoms with Gasteiger partial charge < -0.3 is 10.4 Å². The van der Waals surface area contributed by atoms with E-state index < -0.39 is 12.0 Å². The van der Waals surface area contributed by atoms with Crippen LogP contribution in [0.4, 0.5) is 0 Å². The van der Waals surface area contributed by atoms with Crippen molar-refractivity contribution in [2.45, 2.75) is 51.5 Å². The van der Waals surface area contributed by atoms with E-state index in [9.17, 15) is 9.59 Å². The quantitative estimate of drug-likeness (QED) is 0.699. The van der Waals surface area contributed by atoms with Gasteiger partial charge in [-0.05, 0) is 19.8 Å². The molecule has 0 unspecified atom stereocenters. The molecule has 1 amide bonds. The van der Waals surface area contributed by atoms with Crippen LogP contribution in [0.2, 0.25) is 0 Å². The van der Waals surface area contributed by atoms with E-state index in [0.717, 1.165) is 25.7 Å². The zero-order valence-electron chi connectivity index (χ0n) is 9.16. The van der Waals surface area contributed by atoms with Crippen LogP contribution in [0, 0.1) is 5.92 Å². The van der Waals surface area contributed by atoms with Crippen LogP contribution < -0.4 is 5.32 Å². The van der Waals surface area contributed by atoms with E-state index in [1.807, 2.05) is 0 Å². The third-order valence-corrected chi connectivity index (χ3v) is 2.96. The van der Waals surface area contributed by atoms with Gasteiger partial charge in [0.15, 0.2) is 0 Å². The second kappa shape index (κ2) is 5.73. The predicted molar refractivity (Wildman–Crippen MR) is 56.4 cm³/mol. The summed E-state index contributed by atoms with van der Waals surface area (Å²) in [5.41, 5.74) is 0. The lowest BCUT2D eigenvalue weighted by Crippen LogP contribution is -2.41. The van der Waals surface area contributed by atoms with Gasteiger partial charge in [-0.2, -0.15) is 0 Å². The number of nitrogens with one attached hydrogen (secondary N) is 1. The molecule has 1 rings (SSSR count). The van der Waals surface area contributed by atoms with Crippen molar-refractivity contribution in [3.63, 3.8) is 0 Å². The highest BCUT2D eigenvalue weighted by Gasteiger charge is 2.22. The Bertz CT molecular complexity index is 232. The molecule has 86 valence electrons. The zero-order valence-corrected chi connectivity index (χ0v) is 9.16. The number of hydrogen-bond donors (Lipinski definition) is 2. The molecule has 0 aromatic carbocycles. The number of rotatable bonds is 3. The number of carboxylic acids is 1. The SMILES string of the molecule is C[C@@H](NC(=O)C1CCCCCC1)C(=O)O. The molecule has 0 radical (unpaired) electrons. The van der Waals surface area contributed by atoms with Gasteiger partial charge in [-0.3, -0.25) is 9.59 Å². The third-order valence-electron chi connectivity index (χ3n) is 2.96. The van der Waals surface area contributed by atoms with E-state index in [0.29, 0.717) is 0 Å². The highest BCUT2D eigenvalue weighted by molar-refractivity contribution is 5.84. The molecule has 1 fully saturated rings. The molecule has 4 nitrogen and oxygen atoms in total. The number of aliphatic carboxylic acids is 1. The molecule has 1 aliphatic carbocycles. The summed E-state index contributed by atoms with van der Waals surface area (Å²) in [4.78, 5) is 22.3. The van der Waals surface area contributed by atoms with E-state index in [1.165, 1.54) is 19.8 Å². The maximum atomic E-state index is 11.7. The Balaban J connectivity index is 2.41. The molecule has 1 atom stereocenters. The molecule has 15 heavy (non-hydrogen) atoms. The van der Waals surface area contributed by atoms with Gasteiger partial charge in [0.1, 0.15) is 6.04 Å². The Morgan fingerprint density at radius 2 is 1.73 bits per heavy atom. The lowest BCUT2D eigenvalue weighted by molar-refractivity contribution is -0.142. The fourth-order valence-electron chi connectivity index (χ4n) is 1.93. The minimum Gasteiger partial charge on any atom is -0.480 e. The van der Waals surface area contributed by atoms with Crippen molar-refractivity contribution < 1.29 is 14.7 Å². The van der Waals surface area contributed by atoms with Crippen LogP contribution in [0.5, 0.6) is 0 Å². The lowest BCUT2D eigenvalue weighted by Gasteiger charge is -2.16. The summed E-state index contributed by atoms with van der Waals surface area (Å²) in [7, 11) is 0. The molecule has 0 aliphatic heterocycles. The Kier molecular flexibility index (Phi) is 4.59. The minimum absolute atomic E-state index is 0.0225. The van der Waals surface area contributed by atoms with Crippen LogP contribution in [-0.2, 0) is 9.59 Å². The van der Waals surface area contributed by atoms with Gasteiger partial charge in [-0.25, -0.2) is 0 Å². The van der Waals surface area contributed by atoms with Crippen molar-refractivity contribution in [2.24, 2.45) is 5.92 Å². The topological polar surface area (TPSA) is 66.4 Å². The first-order valence-electron chi connectivity index (χ1n) is 5.64. The Labute approximate surface area is 90.0 Å². The van der Waals surface area contributed by atoms with Crippen molar-refractivity contribution in [1.82, 2.24) is 5.32 Å². The molecule has 0 aromatic rings. The first-order chi connectivity index (χ1) is 7.11. The molecule has 1 saturated carbocycles. The van der Waals surface area contributed by atoms with Crippen molar-refractivity contribution >= 4 is 11.9 Å². The fourth-order valence-corrected chi connectivity index (χ4v) is 1.93. The maximum Gasteiger partial charge on any atom is 0.325 e. The number of carbonyl (C=O) groups excluding carboxylic acids is 1. The summed E-state index contributed by atoms with van der Waals surface area (Å²) in [5.74, 6) is -1.04. The van der Waals surface area contributed by atoms with E-state index >= 15 is 0 Å². The van der Waals surface area contributed by atoms with Gasteiger partial charge in [0, 0.05) is 5.92 Å². The zero-order chi connectivity index (χ0) is 11.3. The molecule has 0 spiro atoms. The van der Waals surface area contributed by atoms with Gasteiger partial charge >= 0.3 is 5.97 Å². The molecule has 0 heterocycles.